The van der Waals surface area contributed by atoms with Gasteiger partial charge in [0.25, 0.3) is 0 Å². The number of likely N-dealkylation sites (tertiary alicyclic amines) is 1. The molecule has 0 saturated carbocycles. The lowest BCUT2D eigenvalue weighted by molar-refractivity contribution is -0.0981. The van der Waals surface area contributed by atoms with E-state index >= 15 is 0 Å². The molecule has 4 rings (SSSR count). The summed E-state index contributed by atoms with van der Waals surface area (Å²) in [6.45, 7) is 6.25. The zero-order chi connectivity index (χ0) is 20.5. The fraction of sp³-hybridized carbons (Fsp3) is 0.650. The molecule has 2 aromatic rings. The molecule has 1 fully saturated rings. The second-order valence-corrected chi connectivity index (χ2v) is 11.2. The third-order valence-electron chi connectivity index (χ3n) is 6.06. The van der Waals surface area contributed by atoms with E-state index < -0.39 is 10.0 Å². The molecule has 0 atom stereocenters. The Morgan fingerprint density at radius 1 is 1.34 bits per heavy atom. The summed E-state index contributed by atoms with van der Waals surface area (Å²) in [4.78, 5) is 5.44. The number of thiophene rings is 1. The summed E-state index contributed by atoms with van der Waals surface area (Å²) >= 11 is 1.97. The third-order valence-corrected chi connectivity index (χ3v) is 8.74. The van der Waals surface area contributed by atoms with Crippen LogP contribution in [0.4, 0.5) is 0 Å². The van der Waals surface area contributed by atoms with Crippen molar-refractivity contribution >= 4 is 21.4 Å². The lowest BCUT2D eigenvalue weighted by Gasteiger charge is -2.44. The smallest absolute Gasteiger partial charge is 0.213 e. The van der Waals surface area contributed by atoms with Crippen LogP contribution in [0.5, 0.6) is 0 Å². The summed E-state index contributed by atoms with van der Waals surface area (Å²) in [6, 6.07) is 2.39. The number of rotatable bonds is 7. The monoisotopic (exact) mass is 438 g/mol. The van der Waals surface area contributed by atoms with E-state index in [4.69, 9.17) is 4.74 Å². The summed E-state index contributed by atoms with van der Waals surface area (Å²) < 4.78 is 33.6. The zero-order valence-corrected chi connectivity index (χ0v) is 18.8. The number of nitrogens with zero attached hydrogens (tertiary/aromatic N) is 3. The van der Waals surface area contributed by atoms with Crippen molar-refractivity contribution in [1.82, 2.24) is 19.4 Å². The maximum Gasteiger partial charge on any atom is 0.213 e. The highest BCUT2D eigenvalue weighted by atomic mass is 32.2. The molecule has 29 heavy (non-hydrogen) atoms. The van der Waals surface area contributed by atoms with E-state index in [-0.39, 0.29) is 11.4 Å². The summed E-state index contributed by atoms with van der Waals surface area (Å²) in [5, 5.41) is 4.32. The number of hydrogen-bond donors (Lipinski definition) is 1. The van der Waals surface area contributed by atoms with Crippen molar-refractivity contribution in [3.05, 3.63) is 39.3 Å². The fourth-order valence-electron chi connectivity index (χ4n) is 4.32. The van der Waals surface area contributed by atoms with Crippen LogP contribution in [0.25, 0.3) is 0 Å². The molecule has 160 valence electrons. The topological polar surface area (TPSA) is 76.5 Å². The minimum atomic E-state index is -3.21. The average Bonchev–Trinajstić information content (AvgIpc) is 3.36. The Labute approximate surface area is 177 Å². The average molecular weight is 439 g/mol. The van der Waals surface area contributed by atoms with Gasteiger partial charge in [-0.2, -0.15) is 5.10 Å². The van der Waals surface area contributed by atoms with Crippen molar-refractivity contribution in [3.63, 3.8) is 0 Å². The van der Waals surface area contributed by atoms with Crippen LogP contribution in [-0.2, 0) is 46.3 Å². The van der Waals surface area contributed by atoms with Crippen molar-refractivity contribution in [2.45, 2.75) is 51.3 Å². The molecule has 1 N–H and O–H groups in total. The molecule has 2 aromatic heterocycles. The molecule has 2 aliphatic heterocycles. The second kappa shape index (κ2) is 8.47. The highest BCUT2D eigenvalue weighted by molar-refractivity contribution is 7.89. The second-order valence-electron chi connectivity index (χ2n) is 7.91. The lowest BCUT2D eigenvalue weighted by Crippen LogP contribution is -2.45. The molecule has 0 aliphatic carbocycles. The maximum atomic E-state index is 11.6. The van der Waals surface area contributed by atoms with Crippen LogP contribution in [0.1, 0.15) is 40.6 Å². The quantitative estimate of drug-likeness (QED) is 0.717. The number of fused-ring (bicyclic) bond motifs is 2. The van der Waals surface area contributed by atoms with Gasteiger partial charge in [-0.05, 0) is 37.9 Å². The van der Waals surface area contributed by atoms with E-state index in [1.54, 1.807) is 4.68 Å². The molecule has 9 heteroatoms. The van der Waals surface area contributed by atoms with Crippen LogP contribution in [-0.4, -0.2) is 55.6 Å². The minimum absolute atomic E-state index is 0.0386. The first-order chi connectivity index (χ1) is 13.9. The Morgan fingerprint density at radius 2 is 2.14 bits per heavy atom. The predicted octanol–water partition coefficient (Wildman–Crippen LogP) is 2.12. The molecular formula is C20H30N4O3S2. The van der Waals surface area contributed by atoms with E-state index in [1.165, 1.54) is 22.4 Å². The molecule has 7 nitrogen and oxygen atoms in total. The maximum absolute atomic E-state index is 11.6. The predicted molar refractivity (Wildman–Crippen MR) is 115 cm³/mol. The Kier molecular flexibility index (Phi) is 6.13. The van der Waals surface area contributed by atoms with Gasteiger partial charge < -0.3 is 4.74 Å². The highest BCUT2D eigenvalue weighted by Crippen LogP contribution is 2.44. The first-order valence-electron chi connectivity index (χ1n) is 10.3. The summed E-state index contributed by atoms with van der Waals surface area (Å²) in [5.41, 5.74) is 2.47. The lowest BCUT2D eigenvalue weighted by atomic mass is 9.82. The van der Waals surface area contributed by atoms with Crippen molar-refractivity contribution in [2.24, 2.45) is 0 Å². The zero-order valence-electron chi connectivity index (χ0n) is 17.2. The fourth-order valence-corrected chi connectivity index (χ4v) is 6.13. The molecule has 1 saturated heterocycles. The van der Waals surface area contributed by atoms with Gasteiger partial charge in [-0.3, -0.25) is 9.58 Å². The van der Waals surface area contributed by atoms with Crippen molar-refractivity contribution < 1.29 is 13.2 Å². The van der Waals surface area contributed by atoms with Gasteiger partial charge in [-0.1, -0.05) is 6.92 Å². The number of ether oxygens (including phenoxy) is 1. The normalized spacial score (nSPS) is 19.5. The minimum Gasteiger partial charge on any atom is -0.370 e. The van der Waals surface area contributed by atoms with Gasteiger partial charge in [0.2, 0.25) is 10.0 Å². The summed E-state index contributed by atoms with van der Waals surface area (Å²) in [5.74, 6) is 0.0386. The molecule has 0 radical (unpaired) electrons. The van der Waals surface area contributed by atoms with Gasteiger partial charge in [-0.25, -0.2) is 13.1 Å². The van der Waals surface area contributed by atoms with Gasteiger partial charge >= 0.3 is 0 Å². The number of aromatic nitrogens is 2. The van der Waals surface area contributed by atoms with Gasteiger partial charge in [0.15, 0.2) is 0 Å². The van der Waals surface area contributed by atoms with Crippen LogP contribution >= 0.6 is 11.3 Å². The molecular weight excluding hydrogens is 408 g/mol. The Morgan fingerprint density at radius 3 is 2.86 bits per heavy atom. The first kappa shape index (κ1) is 21.0. The Hall–Kier alpha value is -1.26. The number of piperidine rings is 1. The van der Waals surface area contributed by atoms with Crippen LogP contribution < -0.4 is 4.72 Å². The number of hydrogen-bond acceptors (Lipinski definition) is 6. The molecule has 0 bridgehead atoms. The highest BCUT2D eigenvalue weighted by Gasteiger charge is 2.41. The third kappa shape index (κ3) is 4.59. The van der Waals surface area contributed by atoms with Crippen LogP contribution in [0.3, 0.4) is 0 Å². The van der Waals surface area contributed by atoms with E-state index in [1.807, 2.05) is 23.7 Å². The molecule has 1 spiro atoms. The first-order valence-corrected chi connectivity index (χ1v) is 12.8. The van der Waals surface area contributed by atoms with Crippen molar-refractivity contribution in [3.8, 4) is 0 Å². The Bertz CT molecular complexity index is 943. The number of sulfonamides is 1. The van der Waals surface area contributed by atoms with E-state index in [0.29, 0.717) is 6.54 Å². The van der Waals surface area contributed by atoms with Gasteiger partial charge in [0.1, 0.15) is 0 Å². The standard InChI is InChI=1S/C20H30N4O3S2/c1-3-17-12-18-19(28-17)4-10-27-20(18)5-7-23(8-6-20)14-16-13-22-24(15-16)9-11-29(25,26)21-2/h12-13,15,21H,3-11,14H2,1-2H3. The van der Waals surface area contributed by atoms with Gasteiger partial charge in [0, 0.05) is 47.6 Å². The SMILES string of the molecule is CCc1cc2c(s1)CCOC21CCN(Cc2cnn(CCS(=O)(=O)NC)c2)CC1. The number of nitrogens with one attached hydrogen (secondary N) is 1. The summed E-state index contributed by atoms with van der Waals surface area (Å²) in [7, 11) is -1.77. The van der Waals surface area contributed by atoms with E-state index in [9.17, 15) is 8.42 Å². The Balaban J connectivity index is 1.35. The van der Waals surface area contributed by atoms with Gasteiger partial charge in [0.05, 0.1) is 30.7 Å². The molecule has 0 aromatic carbocycles. The summed E-state index contributed by atoms with van der Waals surface area (Å²) in [6.07, 6.45) is 7.99. The van der Waals surface area contributed by atoms with Crippen LogP contribution in [0, 0.1) is 0 Å². The van der Waals surface area contributed by atoms with E-state index in [2.05, 4.69) is 27.7 Å². The van der Waals surface area contributed by atoms with Crippen molar-refractivity contribution in [1.29, 1.82) is 0 Å². The largest absolute Gasteiger partial charge is 0.370 e. The molecule has 0 unspecified atom stereocenters. The van der Waals surface area contributed by atoms with Gasteiger partial charge in [-0.15, -0.1) is 11.3 Å². The number of aryl methyl sites for hydroxylation is 2. The molecule has 2 aliphatic rings. The van der Waals surface area contributed by atoms with Crippen LogP contribution in [0.15, 0.2) is 18.5 Å². The molecule has 4 heterocycles. The van der Waals surface area contributed by atoms with Crippen LogP contribution in [0.2, 0.25) is 0 Å². The van der Waals surface area contributed by atoms with Crippen molar-refractivity contribution in [2.75, 3.05) is 32.5 Å². The molecule has 0 amide bonds. The van der Waals surface area contributed by atoms with E-state index in [0.717, 1.165) is 57.5 Å².